The van der Waals surface area contributed by atoms with Gasteiger partial charge in [-0.3, -0.25) is 4.79 Å². The van der Waals surface area contributed by atoms with Gasteiger partial charge in [-0.05, 0) is 41.5 Å². The average Bonchev–Trinajstić information content (AvgIpc) is 3.16. The first-order valence-corrected chi connectivity index (χ1v) is 11.5. The zero-order chi connectivity index (χ0) is 24.1. The molecule has 0 fully saturated rings. The molecule has 0 bridgehead atoms. The Morgan fingerprint density at radius 2 is 1.76 bits per heavy atom. The quantitative estimate of drug-likeness (QED) is 0.191. The van der Waals surface area contributed by atoms with E-state index in [1.54, 1.807) is 0 Å². The summed E-state index contributed by atoms with van der Waals surface area (Å²) < 4.78 is 39.9. The maximum Gasteiger partial charge on any atom is 0.416 e. The Morgan fingerprint density at radius 1 is 1.06 bits per heavy atom. The van der Waals surface area contributed by atoms with Crippen molar-refractivity contribution in [3.05, 3.63) is 94.5 Å². The van der Waals surface area contributed by atoms with Crippen LogP contribution in [0, 0.1) is 0 Å². The van der Waals surface area contributed by atoms with Gasteiger partial charge in [-0.15, -0.1) is 0 Å². The second kappa shape index (κ2) is 10.3. The third-order valence-electron chi connectivity index (χ3n) is 4.88. The molecule has 0 aliphatic carbocycles. The summed E-state index contributed by atoms with van der Waals surface area (Å²) in [4.78, 5) is 16.9. The number of para-hydroxylation sites is 2. The van der Waals surface area contributed by atoms with Gasteiger partial charge in [0.15, 0.2) is 5.16 Å². The van der Waals surface area contributed by atoms with E-state index in [4.69, 9.17) is 11.6 Å². The lowest BCUT2D eigenvalue weighted by Crippen LogP contribution is -2.20. The number of amides is 1. The molecule has 0 saturated heterocycles. The zero-order valence-corrected chi connectivity index (χ0v) is 19.2. The van der Waals surface area contributed by atoms with Crippen LogP contribution in [0.25, 0.3) is 11.0 Å². The molecular weight excluding hydrogens is 485 g/mol. The summed E-state index contributed by atoms with van der Waals surface area (Å²) >= 11 is 7.59. The van der Waals surface area contributed by atoms with Crippen molar-refractivity contribution < 1.29 is 18.0 Å². The molecule has 0 saturated carbocycles. The Morgan fingerprint density at radius 3 is 2.50 bits per heavy atom. The van der Waals surface area contributed by atoms with Gasteiger partial charge in [-0.1, -0.05) is 65.8 Å². The maximum atomic E-state index is 12.6. The predicted molar refractivity (Wildman–Crippen MR) is 128 cm³/mol. The normalized spacial score (nSPS) is 11.9. The van der Waals surface area contributed by atoms with Crippen LogP contribution in [0.15, 0.2) is 83.1 Å². The summed E-state index contributed by atoms with van der Waals surface area (Å²) in [5.74, 6) is -0.319. The smallest absolute Gasteiger partial charge is 0.314 e. The number of aromatic nitrogens is 2. The van der Waals surface area contributed by atoms with Crippen molar-refractivity contribution in [3.63, 3.8) is 0 Å². The van der Waals surface area contributed by atoms with Gasteiger partial charge in [0.1, 0.15) is 0 Å². The molecular formula is C24H18ClF3N4OS. The third-order valence-corrected chi connectivity index (χ3v) is 6.22. The third kappa shape index (κ3) is 5.78. The molecule has 4 aromatic rings. The van der Waals surface area contributed by atoms with Crippen LogP contribution < -0.4 is 5.43 Å². The molecule has 0 unspecified atom stereocenters. The van der Waals surface area contributed by atoms with Gasteiger partial charge < -0.3 is 4.57 Å². The highest BCUT2D eigenvalue weighted by Crippen LogP contribution is 2.29. The van der Waals surface area contributed by atoms with Crippen molar-refractivity contribution in [2.24, 2.45) is 5.10 Å². The molecule has 0 aliphatic heterocycles. The lowest BCUT2D eigenvalue weighted by molar-refractivity contribution is -0.137. The number of nitrogens with one attached hydrogen (secondary N) is 1. The number of hydrogen-bond donors (Lipinski definition) is 1. The first kappa shape index (κ1) is 23.8. The summed E-state index contributed by atoms with van der Waals surface area (Å²) in [5, 5.41) is 5.13. The fourth-order valence-corrected chi connectivity index (χ4v) is 4.21. The Labute approximate surface area is 202 Å². The molecule has 34 heavy (non-hydrogen) atoms. The molecule has 1 amide bonds. The maximum absolute atomic E-state index is 12.6. The van der Waals surface area contributed by atoms with E-state index in [0.29, 0.717) is 22.3 Å². The molecule has 0 spiro atoms. The minimum absolute atomic E-state index is 0.0518. The van der Waals surface area contributed by atoms with E-state index in [1.807, 2.05) is 53.1 Å². The van der Waals surface area contributed by atoms with Gasteiger partial charge in [0.05, 0.1) is 35.1 Å². The molecule has 0 atom stereocenters. The van der Waals surface area contributed by atoms with E-state index < -0.39 is 11.7 Å². The number of fused-ring (bicyclic) bond motifs is 1. The van der Waals surface area contributed by atoms with Crippen LogP contribution in [-0.4, -0.2) is 27.4 Å². The lowest BCUT2D eigenvalue weighted by atomic mass is 10.1. The Kier molecular flexibility index (Phi) is 7.23. The number of benzene rings is 3. The predicted octanol–water partition coefficient (Wildman–Crippen LogP) is 6.00. The molecule has 174 valence electrons. The Balaban J connectivity index is 1.41. The highest BCUT2D eigenvalue weighted by atomic mass is 35.5. The van der Waals surface area contributed by atoms with E-state index in [2.05, 4.69) is 15.5 Å². The second-order valence-corrected chi connectivity index (χ2v) is 8.61. The summed E-state index contributed by atoms with van der Waals surface area (Å²) in [5.41, 5.74) is 4.73. The zero-order valence-electron chi connectivity index (χ0n) is 17.6. The van der Waals surface area contributed by atoms with Crippen molar-refractivity contribution in [3.8, 4) is 0 Å². The second-order valence-electron chi connectivity index (χ2n) is 7.26. The van der Waals surface area contributed by atoms with Gasteiger partial charge >= 0.3 is 6.18 Å². The summed E-state index contributed by atoms with van der Waals surface area (Å²) in [6.07, 6.45) is -3.11. The van der Waals surface area contributed by atoms with Crippen LogP contribution in [0.2, 0.25) is 5.02 Å². The number of thioether (sulfide) groups is 1. The van der Waals surface area contributed by atoms with Crippen LogP contribution in [0.3, 0.4) is 0 Å². The molecule has 4 rings (SSSR count). The topological polar surface area (TPSA) is 59.3 Å². The van der Waals surface area contributed by atoms with Gasteiger partial charge in [-0.25, -0.2) is 10.4 Å². The number of hydrazone groups is 1. The first-order chi connectivity index (χ1) is 16.3. The van der Waals surface area contributed by atoms with Crippen molar-refractivity contribution in [1.29, 1.82) is 0 Å². The standard InChI is InChI=1S/C24H18ClF3N4OS/c25-19-6-2-1-5-17(19)14-32-21-8-4-3-7-20(21)30-23(32)34-15-22(33)31-29-13-16-9-11-18(12-10-16)24(26,27)28/h1-13H,14-15H2,(H,31,33). The number of carbonyl (C=O) groups is 1. The summed E-state index contributed by atoms with van der Waals surface area (Å²) in [7, 11) is 0. The van der Waals surface area contributed by atoms with Crippen LogP contribution >= 0.6 is 23.4 Å². The van der Waals surface area contributed by atoms with E-state index in [0.717, 1.165) is 28.7 Å². The van der Waals surface area contributed by atoms with Gasteiger partial charge in [-0.2, -0.15) is 18.3 Å². The molecule has 3 aromatic carbocycles. The van der Waals surface area contributed by atoms with Crippen molar-refractivity contribution >= 4 is 46.5 Å². The minimum atomic E-state index is -4.40. The SMILES string of the molecule is O=C(CSc1nc2ccccc2n1Cc1ccccc1Cl)NN=Cc1ccc(C(F)(F)F)cc1. The van der Waals surface area contributed by atoms with Crippen molar-refractivity contribution in [2.75, 3.05) is 5.75 Å². The number of carbonyl (C=O) groups excluding carboxylic acids is 1. The van der Waals surface area contributed by atoms with Crippen molar-refractivity contribution in [1.82, 2.24) is 15.0 Å². The lowest BCUT2D eigenvalue weighted by Gasteiger charge is -2.10. The molecule has 1 heterocycles. The molecule has 10 heteroatoms. The van der Waals surface area contributed by atoms with Crippen LogP contribution in [0.4, 0.5) is 13.2 Å². The fraction of sp³-hybridized carbons (Fsp3) is 0.125. The Bertz CT molecular complexity index is 1340. The van der Waals surface area contributed by atoms with Crippen molar-refractivity contribution in [2.45, 2.75) is 17.9 Å². The largest absolute Gasteiger partial charge is 0.416 e. The molecule has 1 N–H and O–H groups in total. The number of nitrogens with zero attached hydrogens (tertiary/aromatic N) is 3. The van der Waals surface area contributed by atoms with E-state index in [-0.39, 0.29) is 11.7 Å². The van der Waals surface area contributed by atoms with Crippen LogP contribution in [-0.2, 0) is 17.5 Å². The van der Waals surface area contributed by atoms with Gasteiger partial charge in [0.2, 0.25) is 0 Å². The molecule has 1 aromatic heterocycles. The van der Waals surface area contributed by atoms with Gasteiger partial charge in [0, 0.05) is 5.02 Å². The molecule has 0 radical (unpaired) electrons. The number of imidazole rings is 1. The van der Waals surface area contributed by atoms with Gasteiger partial charge in [0.25, 0.3) is 5.91 Å². The number of halogens is 4. The average molecular weight is 503 g/mol. The monoisotopic (exact) mass is 502 g/mol. The van der Waals surface area contributed by atoms with Crippen LogP contribution in [0.1, 0.15) is 16.7 Å². The Hall–Kier alpha value is -3.30. The first-order valence-electron chi connectivity index (χ1n) is 10.1. The number of hydrogen-bond acceptors (Lipinski definition) is 4. The fourth-order valence-electron chi connectivity index (χ4n) is 3.21. The van der Waals surface area contributed by atoms with E-state index in [9.17, 15) is 18.0 Å². The van der Waals surface area contributed by atoms with E-state index in [1.165, 1.54) is 30.1 Å². The van der Waals surface area contributed by atoms with Crippen LogP contribution in [0.5, 0.6) is 0 Å². The highest BCUT2D eigenvalue weighted by Gasteiger charge is 2.29. The van der Waals surface area contributed by atoms with E-state index >= 15 is 0 Å². The molecule has 5 nitrogen and oxygen atoms in total. The number of alkyl halides is 3. The minimum Gasteiger partial charge on any atom is -0.314 e. The number of rotatable bonds is 7. The summed E-state index contributed by atoms with van der Waals surface area (Å²) in [6, 6.07) is 19.7. The summed E-state index contributed by atoms with van der Waals surface area (Å²) in [6.45, 7) is 0.496. The molecule has 0 aliphatic rings. The highest BCUT2D eigenvalue weighted by molar-refractivity contribution is 7.99.